The quantitative estimate of drug-likeness (QED) is 0.712. The van der Waals surface area contributed by atoms with Crippen LogP contribution < -0.4 is 0 Å². The Hall–Kier alpha value is -2.75. The molecule has 5 rings (SSSR count). The Morgan fingerprint density at radius 2 is 1.85 bits per heavy atom. The molecule has 0 bridgehead atoms. The van der Waals surface area contributed by atoms with Crippen LogP contribution in [-0.4, -0.2) is 16.8 Å². The van der Waals surface area contributed by atoms with Crippen molar-refractivity contribution in [2.24, 2.45) is 15.5 Å². The Balaban J connectivity index is 1.99. The molecule has 0 amide bonds. The van der Waals surface area contributed by atoms with E-state index in [1.807, 2.05) is 17.3 Å². The number of hydrogen-bond acceptors (Lipinski definition) is 4. The third-order valence-corrected chi connectivity index (χ3v) is 4.12. The van der Waals surface area contributed by atoms with Crippen LogP contribution in [0.15, 0.2) is 70.3 Å². The van der Waals surface area contributed by atoms with Gasteiger partial charge in [-0.25, -0.2) is 5.01 Å². The highest BCUT2D eigenvalue weighted by molar-refractivity contribution is 6.24. The first-order chi connectivity index (χ1) is 9.93. The normalized spacial score (nSPS) is 21.6. The minimum atomic E-state index is 0.0537. The smallest absolute Gasteiger partial charge is 0.124 e. The molecule has 4 heteroatoms. The Morgan fingerprint density at radius 1 is 1.00 bits per heavy atom. The van der Waals surface area contributed by atoms with Gasteiger partial charge in [-0.3, -0.25) is 0 Å². The molecule has 1 atom stereocenters. The summed E-state index contributed by atoms with van der Waals surface area (Å²) in [5, 5.41) is 16.7. The molecule has 0 fully saturated rings. The molecule has 2 heterocycles. The van der Waals surface area contributed by atoms with Gasteiger partial charge in [-0.05, 0) is 38.4 Å². The minimum Gasteiger partial charge on any atom is -0.239 e. The molecule has 0 spiro atoms. The van der Waals surface area contributed by atoms with Crippen LogP contribution in [0.4, 0.5) is 0 Å². The Morgan fingerprint density at radius 3 is 2.75 bits per heavy atom. The van der Waals surface area contributed by atoms with E-state index >= 15 is 0 Å². The number of benzene rings is 2. The summed E-state index contributed by atoms with van der Waals surface area (Å²) in [5.41, 5.74) is 4.67. The van der Waals surface area contributed by atoms with Crippen LogP contribution in [0, 0.1) is 0 Å². The van der Waals surface area contributed by atoms with Gasteiger partial charge in [0.2, 0.25) is 0 Å². The first-order valence-corrected chi connectivity index (χ1v) is 6.61. The van der Waals surface area contributed by atoms with Crippen molar-refractivity contribution in [3.63, 3.8) is 0 Å². The van der Waals surface area contributed by atoms with Gasteiger partial charge in [-0.2, -0.15) is 0 Å². The maximum atomic E-state index is 4.32. The van der Waals surface area contributed by atoms with E-state index in [0.29, 0.717) is 0 Å². The van der Waals surface area contributed by atoms with Crippen molar-refractivity contribution in [1.29, 1.82) is 0 Å². The van der Waals surface area contributed by atoms with Crippen molar-refractivity contribution in [3.05, 3.63) is 65.9 Å². The van der Waals surface area contributed by atoms with E-state index in [-0.39, 0.29) is 6.04 Å². The monoisotopic (exact) mass is 258 g/mol. The fraction of sp³-hybridized carbons (Fsp3) is 0.0625. The lowest BCUT2D eigenvalue weighted by Gasteiger charge is -2.36. The predicted octanol–water partition coefficient (Wildman–Crippen LogP) is 3.52. The molecular formula is C16H10N4. The number of fused-ring (bicyclic) bond motifs is 2. The molecule has 4 nitrogen and oxygen atoms in total. The summed E-state index contributed by atoms with van der Waals surface area (Å²) in [4.78, 5) is 0. The summed E-state index contributed by atoms with van der Waals surface area (Å²) in [5.74, 6) is 0. The molecule has 1 aliphatic carbocycles. The molecule has 2 aliphatic heterocycles. The summed E-state index contributed by atoms with van der Waals surface area (Å²) in [6, 6.07) is 12.8. The Labute approximate surface area is 115 Å². The third kappa shape index (κ3) is 1.09. The number of nitrogens with zero attached hydrogens (tertiary/aromatic N) is 4. The van der Waals surface area contributed by atoms with E-state index in [4.69, 9.17) is 0 Å². The molecule has 0 saturated carbocycles. The third-order valence-electron chi connectivity index (χ3n) is 4.12. The van der Waals surface area contributed by atoms with E-state index in [2.05, 4.69) is 58.0 Å². The highest BCUT2D eigenvalue weighted by Crippen LogP contribution is 2.41. The molecular weight excluding hydrogens is 248 g/mol. The molecule has 0 aromatic heterocycles. The lowest BCUT2D eigenvalue weighted by atomic mass is 9.79. The molecule has 20 heavy (non-hydrogen) atoms. The van der Waals surface area contributed by atoms with Crippen LogP contribution in [0.3, 0.4) is 0 Å². The number of allylic oxidation sites excluding steroid dienone is 2. The van der Waals surface area contributed by atoms with Gasteiger partial charge in [0.25, 0.3) is 0 Å². The van der Waals surface area contributed by atoms with Crippen molar-refractivity contribution in [2.45, 2.75) is 6.04 Å². The zero-order valence-corrected chi connectivity index (χ0v) is 10.6. The second-order valence-corrected chi connectivity index (χ2v) is 5.12. The van der Waals surface area contributed by atoms with E-state index in [9.17, 15) is 0 Å². The van der Waals surface area contributed by atoms with Crippen molar-refractivity contribution < 1.29 is 0 Å². The topological polar surface area (TPSA) is 40.3 Å². The van der Waals surface area contributed by atoms with Crippen molar-refractivity contribution in [1.82, 2.24) is 5.01 Å². The van der Waals surface area contributed by atoms with E-state index in [0.717, 1.165) is 5.71 Å². The molecule has 0 N–H and O–H groups in total. The Bertz CT molecular complexity index is 806. The van der Waals surface area contributed by atoms with E-state index in [1.165, 1.54) is 27.5 Å². The predicted molar refractivity (Wildman–Crippen MR) is 78.1 cm³/mol. The lowest BCUT2D eigenvalue weighted by molar-refractivity contribution is 0.356. The average molecular weight is 258 g/mol. The zero-order chi connectivity index (χ0) is 13.1. The van der Waals surface area contributed by atoms with Crippen LogP contribution in [0.2, 0.25) is 0 Å². The van der Waals surface area contributed by atoms with Gasteiger partial charge in [0, 0.05) is 11.8 Å². The molecule has 0 saturated heterocycles. The standard InChI is InChI=1S/C16H10N4/c1-4-10-5-2-7-13-14(10)11(6-1)12-8-3-9-20-16(12)15(13)17-18-19-20/h1-9,16H. The second-order valence-electron chi connectivity index (χ2n) is 5.12. The van der Waals surface area contributed by atoms with E-state index in [1.54, 1.807) is 0 Å². The SMILES string of the molecule is C1=CN2N=NN=C3c4cccc5cccc(c45)C(=C1)C32. The van der Waals surface area contributed by atoms with Crippen LogP contribution in [-0.2, 0) is 0 Å². The number of hydrogen-bond donors (Lipinski definition) is 0. The average Bonchev–Trinajstić information content (AvgIpc) is 2.52. The van der Waals surface area contributed by atoms with Crippen molar-refractivity contribution in [2.75, 3.05) is 0 Å². The van der Waals surface area contributed by atoms with Crippen LogP contribution in [0.5, 0.6) is 0 Å². The Kier molecular flexibility index (Phi) is 1.72. The summed E-state index contributed by atoms with van der Waals surface area (Å²) >= 11 is 0. The highest BCUT2D eigenvalue weighted by atomic mass is 15.6. The van der Waals surface area contributed by atoms with E-state index < -0.39 is 0 Å². The molecule has 3 aliphatic rings. The van der Waals surface area contributed by atoms with Gasteiger partial charge in [-0.1, -0.05) is 42.5 Å². The largest absolute Gasteiger partial charge is 0.239 e. The lowest BCUT2D eigenvalue weighted by Crippen LogP contribution is -2.41. The second kappa shape index (κ2) is 3.42. The molecule has 2 aromatic carbocycles. The zero-order valence-electron chi connectivity index (χ0n) is 10.6. The summed E-state index contributed by atoms with van der Waals surface area (Å²) in [6.07, 6.45) is 6.11. The highest BCUT2D eigenvalue weighted by Gasteiger charge is 2.37. The molecule has 1 unspecified atom stereocenters. The first kappa shape index (κ1) is 10.1. The van der Waals surface area contributed by atoms with Crippen molar-refractivity contribution in [3.8, 4) is 0 Å². The van der Waals surface area contributed by atoms with Gasteiger partial charge in [0.1, 0.15) is 11.8 Å². The van der Waals surface area contributed by atoms with Crippen LogP contribution >= 0.6 is 0 Å². The van der Waals surface area contributed by atoms with Gasteiger partial charge in [0.05, 0.1) is 0 Å². The fourth-order valence-corrected chi connectivity index (χ4v) is 3.31. The number of rotatable bonds is 0. The molecule has 94 valence electrons. The fourth-order valence-electron chi connectivity index (χ4n) is 3.31. The summed E-state index contributed by atoms with van der Waals surface area (Å²) in [6.45, 7) is 0. The van der Waals surface area contributed by atoms with Crippen LogP contribution in [0.1, 0.15) is 11.1 Å². The summed E-state index contributed by atoms with van der Waals surface area (Å²) in [7, 11) is 0. The molecule has 0 radical (unpaired) electrons. The van der Waals surface area contributed by atoms with Crippen molar-refractivity contribution >= 4 is 22.1 Å². The summed E-state index contributed by atoms with van der Waals surface area (Å²) < 4.78 is 0. The van der Waals surface area contributed by atoms with Crippen LogP contribution in [0.25, 0.3) is 16.3 Å². The van der Waals surface area contributed by atoms with Gasteiger partial charge >= 0.3 is 0 Å². The van der Waals surface area contributed by atoms with Gasteiger partial charge in [-0.15, -0.1) is 5.10 Å². The van der Waals surface area contributed by atoms with Gasteiger partial charge in [0.15, 0.2) is 0 Å². The maximum absolute atomic E-state index is 4.32. The first-order valence-electron chi connectivity index (χ1n) is 6.61. The minimum absolute atomic E-state index is 0.0537. The molecule has 2 aromatic rings. The van der Waals surface area contributed by atoms with Gasteiger partial charge < -0.3 is 0 Å². The maximum Gasteiger partial charge on any atom is 0.124 e.